The smallest absolute Gasteiger partial charge is 0.0227 e. The zero-order valence-corrected chi connectivity index (χ0v) is 11.9. The van der Waals surface area contributed by atoms with Gasteiger partial charge in [0.25, 0.3) is 0 Å². The lowest BCUT2D eigenvalue weighted by atomic mass is 9.84. The van der Waals surface area contributed by atoms with Gasteiger partial charge in [-0.25, -0.2) is 0 Å². The molecule has 3 nitrogen and oxygen atoms in total. The van der Waals surface area contributed by atoms with E-state index >= 15 is 0 Å². The van der Waals surface area contributed by atoms with Crippen LogP contribution < -0.4 is 5.32 Å². The summed E-state index contributed by atoms with van der Waals surface area (Å²) in [4.78, 5) is 2.61. The molecule has 3 aliphatic heterocycles. The minimum absolute atomic E-state index is 0.715. The van der Waals surface area contributed by atoms with Crippen molar-refractivity contribution in [1.82, 2.24) is 14.8 Å². The maximum Gasteiger partial charge on any atom is 0.0227 e. The van der Waals surface area contributed by atoms with Crippen molar-refractivity contribution in [2.24, 2.45) is 13.0 Å². The highest BCUT2D eigenvalue weighted by atomic mass is 15.2. The molecule has 4 heterocycles. The third-order valence-electron chi connectivity index (χ3n) is 5.09. The second-order valence-electron chi connectivity index (χ2n) is 6.08. The summed E-state index contributed by atoms with van der Waals surface area (Å²) in [6.45, 7) is 9.35. The molecule has 0 aliphatic carbocycles. The van der Waals surface area contributed by atoms with Crippen LogP contribution in [0.5, 0.6) is 0 Å². The molecule has 0 radical (unpaired) electrons. The Balaban J connectivity index is 1.62. The topological polar surface area (TPSA) is 20.2 Å². The van der Waals surface area contributed by atoms with Gasteiger partial charge in [-0.3, -0.25) is 0 Å². The zero-order chi connectivity index (χ0) is 12.7. The maximum absolute atomic E-state index is 3.80. The fourth-order valence-corrected chi connectivity index (χ4v) is 3.55. The Hall–Kier alpha value is -0.800. The molecule has 4 rings (SSSR count). The van der Waals surface area contributed by atoms with Crippen molar-refractivity contribution in [3.8, 4) is 0 Å². The van der Waals surface area contributed by atoms with Crippen LogP contribution in [0.1, 0.15) is 29.8 Å². The lowest BCUT2D eigenvalue weighted by molar-refractivity contribution is 0.0720. The Morgan fingerprint density at radius 2 is 2.00 bits per heavy atom. The van der Waals surface area contributed by atoms with Gasteiger partial charge in [0, 0.05) is 37.6 Å². The molecule has 0 saturated carbocycles. The van der Waals surface area contributed by atoms with Gasteiger partial charge in [-0.2, -0.15) is 0 Å². The molecule has 0 spiro atoms. The molecule has 3 aliphatic rings. The summed E-state index contributed by atoms with van der Waals surface area (Å²) >= 11 is 0. The van der Waals surface area contributed by atoms with Crippen LogP contribution in [0.2, 0.25) is 0 Å². The first-order valence-electron chi connectivity index (χ1n) is 7.22. The predicted octanol–water partition coefficient (Wildman–Crippen LogP) is 1.83. The first-order chi connectivity index (χ1) is 8.65. The highest BCUT2D eigenvalue weighted by molar-refractivity contribution is 5.26. The van der Waals surface area contributed by atoms with Crippen LogP contribution in [-0.4, -0.2) is 35.1 Å². The van der Waals surface area contributed by atoms with Gasteiger partial charge in [0.1, 0.15) is 0 Å². The van der Waals surface area contributed by atoms with Gasteiger partial charge < -0.3 is 14.8 Å². The average Bonchev–Trinajstić information content (AvgIpc) is 2.65. The van der Waals surface area contributed by atoms with Crippen LogP contribution in [0, 0.1) is 19.8 Å². The van der Waals surface area contributed by atoms with E-state index in [9.17, 15) is 0 Å². The quantitative estimate of drug-likeness (QED) is 0.879. The minimum Gasteiger partial charge on any atom is -0.352 e. The normalized spacial score (nSPS) is 30.9. The van der Waals surface area contributed by atoms with Crippen LogP contribution in [0.4, 0.5) is 0 Å². The molecule has 18 heavy (non-hydrogen) atoms. The van der Waals surface area contributed by atoms with Crippen molar-refractivity contribution in [2.75, 3.05) is 19.6 Å². The zero-order valence-electron chi connectivity index (χ0n) is 11.9. The number of nitrogens with zero attached hydrogens (tertiary/aromatic N) is 2. The number of aryl methyl sites for hydroxylation is 1. The van der Waals surface area contributed by atoms with E-state index in [0.29, 0.717) is 6.04 Å². The fourth-order valence-electron chi connectivity index (χ4n) is 3.55. The van der Waals surface area contributed by atoms with Gasteiger partial charge >= 0.3 is 0 Å². The molecular weight excluding hydrogens is 222 g/mol. The third kappa shape index (κ3) is 2.10. The lowest BCUT2D eigenvalue weighted by Crippen LogP contribution is -2.55. The third-order valence-corrected chi connectivity index (χ3v) is 5.09. The Bertz CT molecular complexity index is 427. The first-order valence-corrected chi connectivity index (χ1v) is 7.22. The van der Waals surface area contributed by atoms with Crippen molar-refractivity contribution < 1.29 is 0 Å². The van der Waals surface area contributed by atoms with Crippen LogP contribution in [0.15, 0.2) is 6.07 Å². The second-order valence-corrected chi connectivity index (χ2v) is 6.08. The second kappa shape index (κ2) is 4.71. The fraction of sp³-hybridized carbons (Fsp3) is 0.733. The van der Waals surface area contributed by atoms with Crippen molar-refractivity contribution in [3.63, 3.8) is 0 Å². The Morgan fingerprint density at radius 1 is 1.28 bits per heavy atom. The van der Waals surface area contributed by atoms with E-state index in [1.165, 1.54) is 49.4 Å². The molecular formula is C15H25N3. The van der Waals surface area contributed by atoms with Crippen LogP contribution in [0.3, 0.4) is 0 Å². The van der Waals surface area contributed by atoms with Gasteiger partial charge in [0.05, 0.1) is 0 Å². The monoisotopic (exact) mass is 247 g/mol. The Kier molecular flexibility index (Phi) is 3.20. The number of hydrogen-bond donors (Lipinski definition) is 1. The van der Waals surface area contributed by atoms with Crippen LogP contribution in [0.25, 0.3) is 0 Å². The molecule has 1 unspecified atom stereocenters. The SMILES string of the molecule is Cc1cc(CNC2CN3CCC2CC3)c(C)n1C. The molecule has 3 fully saturated rings. The van der Waals surface area contributed by atoms with E-state index in [4.69, 9.17) is 0 Å². The van der Waals surface area contributed by atoms with Crippen molar-refractivity contribution in [2.45, 2.75) is 39.3 Å². The summed E-state index contributed by atoms with van der Waals surface area (Å²) < 4.78 is 2.29. The molecule has 1 atom stereocenters. The van der Waals surface area contributed by atoms with E-state index in [1.807, 2.05) is 0 Å². The van der Waals surface area contributed by atoms with E-state index in [1.54, 1.807) is 0 Å². The maximum atomic E-state index is 3.80. The molecule has 1 N–H and O–H groups in total. The highest BCUT2D eigenvalue weighted by Gasteiger charge is 2.33. The standard InChI is InChI=1S/C15H25N3/c1-11-8-14(12(2)17(11)3)9-16-15-10-18-6-4-13(15)5-7-18/h8,13,15-16H,4-7,9-10H2,1-3H3. The number of nitrogens with one attached hydrogen (secondary N) is 1. The van der Waals surface area contributed by atoms with Crippen molar-refractivity contribution >= 4 is 0 Å². The number of piperidine rings is 3. The van der Waals surface area contributed by atoms with Crippen LogP contribution >= 0.6 is 0 Å². The molecule has 100 valence electrons. The summed E-state index contributed by atoms with van der Waals surface area (Å²) in [7, 11) is 2.16. The molecule has 2 bridgehead atoms. The highest BCUT2D eigenvalue weighted by Crippen LogP contribution is 2.27. The summed E-state index contributed by atoms with van der Waals surface area (Å²) in [6.07, 6.45) is 2.79. The largest absolute Gasteiger partial charge is 0.352 e. The predicted molar refractivity (Wildman–Crippen MR) is 74.7 cm³/mol. The molecule has 3 saturated heterocycles. The van der Waals surface area contributed by atoms with E-state index < -0.39 is 0 Å². The van der Waals surface area contributed by atoms with Gasteiger partial charge in [-0.15, -0.1) is 0 Å². The van der Waals surface area contributed by atoms with Crippen LogP contribution in [-0.2, 0) is 13.6 Å². The average molecular weight is 247 g/mol. The number of fused-ring (bicyclic) bond motifs is 3. The van der Waals surface area contributed by atoms with Gasteiger partial charge in [0.2, 0.25) is 0 Å². The van der Waals surface area contributed by atoms with E-state index in [0.717, 1.165) is 12.5 Å². The molecule has 0 aromatic carbocycles. The van der Waals surface area contributed by atoms with Gasteiger partial charge in [0.15, 0.2) is 0 Å². The number of hydrogen-bond acceptors (Lipinski definition) is 2. The van der Waals surface area contributed by atoms with Gasteiger partial charge in [-0.1, -0.05) is 0 Å². The molecule has 0 amide bonds. The van der Waals surface area contributed by atoms with Gasteiger partial charge in [-0.05, 0) is 57.3 Å². The molecule has 1 aromatic rings. The summed E-state index contributed by atoms with van der Waals surface area (Å²) in [5.41, 5.74) is 4.23. The number of aromatic nitrogens is 1. The minimum atomic E-state index is 0.715. The molecule has 3 heteroatoms. The Labute approximate surface area is 110 Å². The lowest BCUT2D eigenvalue weighted by Gasteiger charge is -2.45. The van der Waals surface area contributed by atoms with Crippen molar-refractivity contribution in [3.05, 3.63) is 23.0 Å². The Morgan fingerprint density at radius 3 is 2.50 bits per heavy atom. The summed E-state index contributed by atoms with van der Waals surface area (Å²) in [6, 6.07) is 3.04. The number of rotatable bonds is 3. The van der Waals surface area contributed by atoms with Crippen molar-refractivity contribution in [1.29, 1.82) is 0 Å². The molecule has 1 aromatic heterocycles. The van der Waals surface area contributed by atoms with E-state index in [-0.39, 0.29) is 0 Å². The summed E-state index contributed by atoms with van der Waals surface area (Å²) in [5, 5.41) is 3.80. The first kappa shape index (κ1) is 12.2. The van der Waals surface area contributed by atoms with E-state index in [2.05, 4.69) is 41.7 Å². The summed E-state index contributed by atoms with van der Waals surface area (Å²) in [5.74, 6) is 0.917.